The topological polar surface area (TPSA) is 63.1 Å². The molecular weight excluding hydrogens is 192 g/mol. The van der Waals surface area contributed by atoms with Crippen molar-refractivity contribution >= 4 is 5.97 Å². The lowest BCUT2D eigenvalue weighted by molar-refractivity contribution is -0.145. The van der Waals surface area contributed by atoms with Gasteiger partial charge in [0.25, 0.3) is 0 Å². The Hall–Kier alpha value is -1.45. The number of aromatic nitrogens is 2. The zero-order chi connectivity index (χ0) is 10.7. The standard InChI is InChI=1S/C11H13N2O2/c14-10(15)11(5-2-1-3-6-11)9-4-7-12-8-13-9/h4,7H,1-3,5-6H2,(H,14,15). The largest absolute Gasteiger partial charge is 0.481 e. The minimum atomic E-state index is -0.794. The third-order valence-corrected chi connectivity index (χ3v) is 3.14. The van der Waals surface area contributed by atoms with E-state index in [1.165, 1.54) is 0 Å². The van der Waals surface area contributed by atoms with Crippen molar-refractivity contribution in [2.45, 2.75) is 37.5 Å². The number of hydrogen-bond acceptors (Lipinski definition) is 3. The van der Waals surface area contributed by atoms with E-state index in [0.717, 1.165) is 19.3 Å². The van der Waals surface area contributed by atoms with Crippen LogP contribution >= 0.6 is 0 Å². The first-order valence-electron chi connectivity index (χ1n) is 5.19. The first-order valence-corrected chi connectivity index (χ1v) is 5.19. The lowest BCUT2D eigenvalue weighted by atomic mass is 9.72. The van der Waals surface area contributed by atoms with Crippen molar-refractivity contribution in [1.82, 2.24) is 9.97 Å². The van der Waals surface area contributed by atoms with Gasteiger partial charge in [-0.3, -0.25) is 4.79 Å². The fourth-order valence-electron chi connectivity index (χ4n) is 2.26. The van der Waals surface area contributed by atoms with E-state index in [2.05, 4.69) is 16.3 Å². The Kier molecular flexibility index (Phi) is 2.66. The van der Waals surface area contributed by atoms with E-state index in [1.807, 2.05) is 0 Å². The second-order valence-corrected chi connectivity index (χ2v) is 3.99. The summed E-state index contributed by atoms with van der Waals surface area (Å²) in [5.74, 6) is -0.769. The second kappa shape index (κ2) is 3.96. The molecular formula is C11H13N2O2. The summed E-state index contributed by atoms with van der Waals surface area (Å²) in [7, 11) is 0. The predicted molar refractivity (Wildman–Crippen MR) is 53.3 cm³/mol. The molecule has 1 fully saturated rings. The summed E-state index contributed by atoms with van der Waals surface area (Å²) >= 11 is 0. The summed E-state index contributed by atoms with van der Waals surface area (Å²) in [6.07, 6.45) is 8.40. The van der Waals surface area contributed by atoms with E-state index in [1.54, 1.807) is 12.3 Å². The molecule has 1 heterocycles. The first kappa shape index (κ1) is 10.1. The molecule has 0 aromatic carbocycles. The maximum atomic E-state index is 11.4. The fourth-order valence-corrected chi connectivity index (χ4v) is 2.26. The summed E-state index contributed by atoms with van der Waals surface area (Å²) < 4.78 is 0. The molecule has 0 amide bonds. The molecule has 1 aliphatic rings. The molecule has 1 aliphatic carbocycles. The Morgan fingerprint density at radius 1 is 1.40 bits per heavy atom. The lowest BCUT2D eigenvalue weighted by Crippen LogP contribution is -2.38. The molecule has 1 aromatic rings. The summed E-state index contributed by atoms with van der Waals surface area (Å²) in [5.41, 5.74) is -0.192. The Morgan fingerprint density at radius 2 is 2.13 bits per heavy atom. The molecule has 0 bridgehead atoms. The van der Waals surface area contributed by atoms with Gasteiger partial charge in [-0.05, 0) is 18.9 Å². The number of aliphatic carboxylic acids is 1. The van der Waals surface area contributed by atoms with E-state index >= 15 is 0 Å². The van der Waals surface area contributed by atoms with Gasteiger partial charge in [0.05, 0.1) is 5.69 Å². The van der Waals surface area contributed by atoms with Crippen LogP contribution in [0.25, 0.3) is 0 Å². The molecule has 79 valence electrons. The van der Waals surface area contributed by atoms with Gasteiger partial charge in [-0.1, -0.05) is 19.3 Å². The maximum Gasteiger partial charge on any atom is 0.315 e. The van der Waals surface area contributed by atoms with Gasteiger partial charge in [0, 0.05) is 6.20 Å². The Labute approximate surface area is 88.4 Å². The highest BCUT2D eigenvalue weighted by atomic mass is 16.4. The molecule has 1 saturated carbocycles. The highest BCUT2D eigenvalue weighted by Gasteiger charge is 2.42. The number of carboxylic acid groups (broad SMARTS) is 1. The number of nitrogens with zero attached hydrogens (tertiary/aromatic N) is 2. The van der Waals surface area contributed by atoms with Crippen molar-refractivity contribution in [3.8, 4) is 0 Å². The van der Waals surface area contributed by atoms with Crippen molar-refractivity contribution in [2.75, 3.05) is 0 Å². The number of hydrogen-bond donors (Lipinski definition) is 1. The minimum absolute atomic E-state index is 0.602. The van der Waals surface area contributed by atoms with E-state index < -0.39 is 11.4 Å². The quantitative estimate of drug-likeness (QED) is 0.795. The number of rotatable bonds is 2. The summed E-state index contributed by atoms with van der Waals surface area (Å²) in [5, 5.41) is 9.37. The molecule has 4 nitrogen and oxygen atoms in total. The van der Waals surface area contributed by atoms with Crippen LogP contribution in [-0.4, -0.2) is 21.0 Å². The molecule has 1 N–H and O–H groups in total. The van der Waals surface area contributed by atoms with Gasteiger partial charge in [0.1, 0.15) is 5.41 Å². The van der Waals surface area contributed by atoms with E-state index in [-0.39, 0.29) is 0 Å². The van der Waals surface area contributed by atoms with Crippen molar-refractivity contribution in [3.05, 3.63) is 24.3 Å². The number of carboxylic acids is 1. The summed E-state index contributed by atoms with van der Waals surface area (Å²) in [6, 6.07) is 1.69. The highest BCUT2D eigenvalue weighted by molar-refractivity contribution is 5.80. The van der Waals surface area contributed by atoms with Crippen LogP contribution < -0.4 is 0 Å². The van der Waals surface area contributed by atoms with Gasteiger partial charge in [-0.25, -0.2) is 9.97 Å². The molecule has 0 atom stereocenters. The van der Waals surface area contributed by atoms with Crippen LogP contribution in [0.5, 0.6) is 0 Å². The zero-order valence-corrected chi connectivity index (χ0v) is 8.44. The first-order chi connectivity index (χ1) is 7.26. The molecule has 0 aliphatic heterocycles. The summed E-state index contributed by atoms with van der Waals surface area (Å²) in [6.45, 7) is 0. The fraction of sp³-hybridized carbons (Fsp3) is 0.545. The average Bonchev–Trinajstić information content (AvgIpc) is 2.31. The number of carbonyl (C=O) groups is 1. The highest BCUT2D eigenvalue weighted by Crippen LogP contribution is 2.38. The van der Waals surface area contributed by atoms with Gasteiger partial charge in [0.2, 0.25) is 0 Å². The molecule has 4 heteroatoms. The molecule has 15 heavy (non-hydrogen) atoms. The molecule has 1 aromatic heterocycles. The van der Waals surface area contributed by atoms with Crippen LogP contribution in [-0.2, 0) is 10.2 Å². The maximum absolute atomic E-state index is 11.4. The van der Waals surface area contributed by atoms with Crippen LogP contribution in [0.3, 0.4) is 0 Å². The van der Waals surface area contributed by atoms with Gasteiger partial charge in [0.15, 0.2) is 6.33 Å². The van der Waals surface area contributed by atoms with Crippen molar-refractivity contribution in [1.29, 1.82) is 0 Å². The summed E-state index contributed by atoms with van der Waals surface area (Å²) in [4.78, 5) is 19.1. The molecule has 0 saturated heterocycles. The van der Waals surface area contributed by atoms with E-state index in [0.29, 0.717) is 18.5 Å². The Morgan fingerprint density at radius 3 is 2.67 bits per heavy atom. The van der Waals surface area contributed by atoms with Crippen LogP contribution in [0.1, 0.15) is 37.8 Å². The molecule has 1 radical (unpaired) electrons. The smallest absolute Gasteiger partial charge is 0.315 e. The minimum Gasteiger partial charge on any atom is -0.481 e. The van der Waals surface area contributed by atoms with E-state index in [9.17, 15) is 9.90 Å². The normalized spacial score (nSPS) is 19.7. The second-order valence-electron chi connectivity index (χ2n) is 3.99. The average molecular weight is 205 g/mol. The molecule has 0 spiro atoms. The SMILES string of the molecule is O=C(O)C1(c2ccn[c]n2)CCCCC1. The lowest BCUT2D eigenvalue weighted by Gasteiger charge is -2.32. The van der Waals surface area contributed by atoms with Crippen LogP contribution in [0.15, 0.2) is 12.3 Å². The van der Waals surface area contributed by atoms with Crippen LogP contribution in [0.2, 0.25) is 0 Å². The van der Waals surface area contributed by atoms with Crippen LogP contribution in [0.4, 0.5) is 0 Å². The Bertz CT molecular complexity index is 345. The third kappa shape index (κ3) is 1.71. The molecule has 0 unspecified atom stereocenters. The molecule has 2 rings (SSSR count). The van der Waals surface area contributed by atoms with Gasteiger partial charge >= 0.3 is 5.97 Å². The van der Waals surface area contributed by atoms with Crippen LogP contribution in [0, 0.1) is 6.33 Å². The van der Waals surface area contributed by atoms with Gasteiger partial charge in [-0.2, -0.15) is 0 Å². The van der Waals surface area contributed by atoms with E-state index in [4.69, 9.17) is 0 Å². The third-order valence-electron chi connectivity index (χ3n) is 3.14. The monoisotopic (exact) mass is 205 g/mol. The van der Waals surface area contributed by atoms with Gasteiger partial charge < -0.3 is 5.11 Å². The van der Waals surface area contributed by atoms with Gasteiger partial charge in [-0.15, -0.1) is 0 Å². The predicted octanol–water partition coefficient (Wildman–Crippen LogP) is 1.56. The van der Waals surface area contributed by atoms with Crippen molar-refractivity contribution < 1.29 is 9.90 Å². The Balaban J connectivity index is 2.38. The van der Waals surface area contributed by atoms with Crippen molar-refractivity contribution in [2.24, 2.45) is 0 Å². The zero-order valence-electron chi connectivity index (χ0n) is 8.44. The van der Waals surface area contributed by atoms with Crippen molar-refractivity contribution in [3.63, 3.8) is 0 Å².